The van der Waals surface area contributed by atoms with Gasteiger partial charge in [0, 0.05) is 19.0 Å². The van der Waals surface area contributed by atoms with E-state index in [0.29, 0.717) is 5.88 Å². The zero-order chi connectivity index (χ0) is 15.0. The molecule has 0 N–H and O–H groups in total. The molecule has 2 fully saturated rings. The van der Waals surface area contributed by atoms with Crippen molar-refractivity contribution in [1.82, 2.24) is 4.90 Å². The van der Waals surface area contributed by atoms with Gasteiger partial charge in [0.2, 0.25) is 0 Å². The lowest BCUT2D eigenvalue weighted by Crippen LogP contribution is -2.54. The van der Waals surface area contributed by atoms with Crippen molar-refractivity contribution in [2.24, 2.45) is 10.8 Å². The van der Waals surface area contributed by atoms with Gasteiger partial charge in [-0.05, 0) is 51.9 Å². The molecule has 112 valence electrons. The van der Waals surface area contributed by atoms with Crippen molar-refractivity contribution in [2.75, 3.05) is 19.0 Å². The second-order valence-electron chi connectivity index (χ2n) is 7.35. The summed E-state index contributed by atoms with van der Waals surface area (Å²) in [5.41, 5.74) is -0.546. The van der Waals surface area contributed by atoms with E-state index in [1.165, 1.54) is 0 Å². The summed E-state index contributed by atoms with van der Waals surface area (Å²) in [6.45, 7) is 7.08. The van der Waals surface area contributed by atoms with Gasteiger partial charge in [0.1, 0.15) is 5.60 Å². The van der Waals surface area contributed by atoms with Gasteiger partial charge in [-0.3, -0.25) is 0 Å². The van der Waals surface area contributed by atoms with Gasteiger partial charge in [0.25, 0.3) is 0 Å². The molecule has 1 spiro atoms. The number of nitriles is 1. The van der Waals surface area contributed by atoms with Crippen LogP contribution in [0.1, 0.15) is 46.5 Å². The van der Waals surface area contributed by atoms with E-state index in [-0.39, 0.29) is 16.9 Å². The fourth-order valence-electron chi connectivity index (χ4n) is 3.43. The number of hydrogen-bond donors (Lipinski definition) is 0. The highest BCUT2D eigenvalue weighted by atomic mass is 35.5. The van der Waals surface area contributed by atoms with Gasteiger partial charge in [-0.1, -0.05) is 0 Å². The summed E-state index contributed by atoms with van der Waals surface area (Å²) in [7, 11) is 0. The summed E-state index contributed by atoms with van der Waals surface area (Å²) < 4.78 is 5.39. The number of piperidine rings is 1. The second-order valence-corrected chi connectivity index (χ2v) is 7.61. The number of rotatable bonds is 1. The number of carbonyl (C=O) groups excluding carboxylic acids is 1. The number of likely N-dealkylation sites (tertiary alicyclic amines) is 1. The highest BCUT2D eigenvalue weighted by Gasteiger charge is 2.55. The monoisotopic (exact) mass is 298 g/mol. The summed E-state index contributed by atoms with van der Waals surface area (Å²) in [5.74, 6) is 0.418. The van der Waals surface area contributed by atoms with Gasteiger partial charge >= 0.3 is 6.09 Å². The molecule has 0 aromatic heterocycles. The third-order valence-corrected chi connectivity index (χ3v) is 4.91. The normalized spacial score (nSPS) is 23.9. The maximum Gasteiger partial charge on any atom is 0.410 e. The molecule has 1 aliphatic carbocycles. The van der Waals surface area contributed by atoms with Gasteiger partial charge in [0.15, 0.2) is 0 Å². The molecule has 2 rings (SSSR count). The van der Waals surface area contributed by atoms with E-state index in [1.54, 1.807) is 4.90 Å². The topological polar surface area (TPSA) is 53.3 Å². The Balaban J connectivity index is 1.86. The van der Waals surface area contributed by atoms with Crippen LogP contribution in [0.2, 0.25) is 0 Å². The minimum absolute atomic E-state index is 0.225. The molecule has 2 aliphatic rings. The summed E-state index contributed by atoms with van der Waals surface area (Å²) in [6.07, 6.45) is 3.43. The van der Waals surface area contributed by atoms with Crippen LogP contribution in [0.4, 0.5) is 4.79 Å². The van der Waals surface area contributed by atoms with Crippen molar-refractivity contribution in [3.8, 4) is 6.07 Å². The molecule has 5 heteroatoms. The molecular weight excluding hydrogens is 276 g/mol. The summed E-state index contributed by atoms with van der Waals surface area (Å²) in [5, 5.41) is 9.20. The molecule has 4 nitrogen and oxygen atoms in total. The maximum absolute atomic E-state index is 12.0. The van der Waals surface area contributed by atoms with E-state index in [0.717, 1.165) is 38.8 Å². The zero-order valence-corrected chi connectivity index (χ0v) is 13.3. The molecule has 1 amide bonds. The molecule has 1 heterocycles. The highest BCUT2D eigenvalue weighted by molar-refractivity contribution is 6.18. The summed E-state index contributed by atoms with van der Waals surface area (Å²) >= 11 is 5.91. The standard InChI is InChI=1S/C15H23ClN2O2/c1-13(2,3)20-12(19)18-6-4-14(5-7-18)8-15(9-14,10-16)11-17/h4-10H2,1-3H3. The Labute approximate surface area is 126 Å². The van der Waals surface area contributed by atoms with Crippen molar-refractivity contribution in [2.45, 2.75) is 52.1 Å². The first-order valence-corrected chi connectivity index (χ1v) is 7.72. The molecule has 0 radical (unpaired) electrons. The first-order chi connectivity index (χ1) is 9.23. The van der Waals surface area contributed by atoms with Crippen molar-refractivity contribution < 1.29 is 9.53 Å². The molecule has 1 aliphatic heterocycles. The SMILES string of the molecule is CC(C)(C)OC(=O)N1CCC2(CC1)CC(C#N)(CCl)C2. The molecule has 0 atom stereocenters. The van der Waals surface area contributed by atoms with Crippen LogP contribution in [0.3, 0.4) is 0 Å². The van der Waals surface area contributed by atoms with Gasteiger partial charge in [-0.25, -0.2) is 4.79 Å². The fourth-order valence-corrected chi connectivity index (χ4v) is 3.68. The molecule has 0 aromatic carbocycles. The summed E-state index contributed by atoms with van der Waals surface area (Å²) in [6, 6.07) is 2.36. The fraction of sp³-hybridized carbons (Fsp3) is 0.867. The van der Waals surface area contributed by atoms with Crippen LogP contribution in [-0.2, 0) is 4.74 Å². The Hall–Kier alpha value is -0.950. The smallest absolute Gasteiger partial charge is 0.410 e. The Bertz CT molecular complexity index is 420. The molecule has 0 aromatic rings. The third-order valence-electron chi connectivity index (χ3n) is 4.40. The van der Waals surface area contributed by atoms with Gasteiger partial charge < -0.3 is 9.64 Å². The van der Waals surface area contributed by atoms with Gasteiger partial charge in [-0.15, -0.1) is 11.6 Å². The first-order valence-electron chi connectivity index (χ1n) is 7.18. The van der Waals surface area contributed by atoms with E-state index < -0.39 is 5.60 Å². The molecule has 0 bridgehead atoms. The van der Waals surface area contributed by atoms with Crippen molar-refractivity contribution >= 4 is 17.7 Å². The van der Waals surface area contributed by atoms with Crippen LogP contribution in [0.5, 0.6) is 0 Å². The first kappa shape index (κ1) is 15.4. The van der Waals surface area contributed by atoms with Crippen molar-refractivity contribution in [1.29, 1.82) is 5.26 Å². The average molecular weight is 299 g/mol. The number of carbonyl (C=O) groups is 1. The van der Waals surface area contributed by atoms with Crippen LogP contribution < -0.4 is 0 Å². The average Bonchev–Trinajstić information content (AvgIpc) is 2.34. The van der Waals surface area contributed by atoms with Crippen molar-refractivity contribution in [3.63, 3.8) is 0 Å². The van der Waals surface area contributed by atoms with Crippen molar-refractivity contribution in [3.05, 3.63) is 0 Å². The quantitative estimate of drug-likeness (QED) is 0.696. The number of ether oxygens (including phenoxy) is 1. The second kappa shape index (κ2) is 5.11. The predicted octanol–water partition coefficient (Wildman–Crippen LogP) is 3.55. The van der Waals surface area contributed by atoms with E-state index >= 15 is 0 Å². The third kappa shape index (κ3) is 3.03. The number of halogens is 1. The van der Waals surface area contributed by atoms with Crippen LogP contribution in [0, 0.1) is 22.2 Å². The Morgan fingerprint density at radius 3 is 2.30 bits per heavy atom. The van der Waals surface area contributed by atoms with Crippen LogP contribution in [0.15, 0.2) is 0 Å². The van der Waals surface area contributed by atoms with E-state index in [9.17, 15) is 10.1 Å². The van der Waals surface area contributed by atoms with Gasteiger partial charge in [0.05, 0.1) is 11.5 Å². The Morgan fingerprint density at radius 1 is 1.35 bits per heavy atom. The maximum atomic E-state index is 12.0. The van der Waals surface area contributed by atoms with Crippen LogP contribution >= 0.6 is 11.6 Å². The zero-order valence-electron chi connectivity index (χ0n) is 12.5. The molecule has 1 saturated carbocycles. The lowest BCUT2D eigenvalue weighted by atomic mass is 9.51. The summed E-state index contributed by atoms with van der Waals surface area (Å²) in [4.78, 5) is 13.8. The Morgan fingerprint density at radius 2 is 1.90 bits per heavy atom. The van der Waals surface area contributed by atoms with E-state index in [4.69, 9.17) is 16.3 Å². The van der Waals surface area contributed by atoms with Crippen LogP contribution in [0.25, 0.3) is 0 Å². The van der Waals surface area contributed by atoms with Crippen LogP contribution in [-0.4, -0.2) is 35.6 Å². The number of nitrogens with zero attached hydrogens (tertiary/aromatic N) is 2. The Kier molecular flexibility index (Phi) is 3.94. The number of amides is 1. The number of alkyl halides is 1. The minimum atomic E-state index is -0.447. The van der Waals surface area contributed by atoms with Gasteiger partial charge in [-0.2, -0.15) is 5.26 Å². The largest absolute Gasteiger partial charge is 0.444 e. The molecule has 0 unspecified atom stereocenters. The molecular formula is C15H23ClN2O2. The molecule has 1 saturated heterocycles. The lowest BCUT2D eigenvalue weighted by Gasteiger charge is -2.55. The minimum Gasteiger partial charge on any atom is -0.444 e. The molecule has 20 heavy (non-hydrogen) atoms. The number of hydrogen-bond acceptors (Lipinski definition) is 3. The highest BCUT2D eigenvalue weighted by Crippen LogP contribution is 2.59. The predicted molar refractivity (Wildman–Crippen MR) is 77.5 cm³/mol. The van der Waals surface area contributed by atoms with E-state index in [1.807, 2.05) is 20.8 Å². The van der Waals surface area contributed by atoms with E-state index in [2.05, 4.69) is 6.07 Å². The lowest BCUT2D eigenvalue weighted by molar-refractivity contribution is -0.0450.